The number of aryl methyl sites for hydroxylation is 1. The van der Waals surface area contributed by atoms with E-state index in [1.807, 2.05) is 36.4 Å². The lowest BCUT2D eigenvalue weighted by Gasteiger charge is -2.22. The van der Waals surface area contributed by atoms with Crippen LogP contribution in [-0.4, -0.2) is 50.8 Å². The van der Waals surface area contributed by atoms with E-state index in [1.165, 1.54) is 11.1 Å². The number of thioether (sulfide) groups is 1. The molecule has 0 unspecified atom stereocenters. The van der Waals surface area contributed by atoms with Crippen molar-refractivity contribution in [2.45, 2.75) is 23.7 Å². The van der Waals surface area contributed by atoms with Gasteiger partial charge < -0.3 is 4.90 Å². The standard InChI is InChI=1S/C21H26N6S/c1-25-15-19(12-23-25)16-26-8-5-9-27(11-10-26)20-13-22-14-21(24-20)28-17-18-6-3-2-4-7-18/h2-4,6-7,12-15H,5,8-11,16-17H2,1H3. The van der Waals surface area contributed by atoms with Crippen molar-refractivity contribution in [3.63, 3.8) is 0 Å². The van der Waals surface area contributed by atoms with Gasteiger partial charge in [0.1, 0.15) is 10.8 Å². The number of hydrogen-bond acceptors (Lipinski definition) is 6. The predicted octanol–water partition coefficient (Wildman–Crippen LogP) is 3.21. The van der Waals surface area contributed by atoms with Crippen molar-refractivity contribution in [3.8, 4) is 0 Å². The molecule has 3 heterocycles. The van der Waals surface area contributed by atoms with E-state index in [0.29, 0.717) is 0 Å². The molecule has 4 rings (SSSR count). The van der Waals surface area contributed by atoms with E-state index in [0.717, 1.165) is 55.7 Å². The highest BCUT2D eigenvalue weighted by atomic mass is 32.2. The van der Waals surface area contributed by atoms with Gasteiger partial charge in [0.2, 0.25) is 0 Å². The maximum Gasteiger partial charge on any atom is 0.148 e. The van der Waals surface area contributed by atoms with Crippen LogP contribution in [0.1, 0.15) is 17.5 Å². The van der Waals surface area contributed by atoms with Gasteiger partial charge in [-0.15, -0.1) is 11.8 Å². The summed E-state index contributed by atoms with van der Waals surface area (Å²) in [7, 11) is 1.97. The molecule has 0 radical (unpaired) electrons. The smallest absolute Gasteiger partial charge is 0.148 e. The van der Waals surface area contributed by atoms with Crippen LogP contribution in [0.5, 0.6) is 0 Å². The second-order valence-electron chi connectivity index (χ2n) is 7.13. The molecule has 1 saturated heterocycles. The Balaban J connectivity index is 1.35. The molecule has 0 aliphatic carbocycles. The van der Waals surface area contributed by atoms with Crippen LogP contribution in [0.2, 0.25) is 0 Å². The van der Waals surface area contributed by atoms with E-state index in [-0.39, 0.29) is 0 Å². The minimum Gasteiger partial charge on any atom is -0.354 e. The Bertz CT molecular complexity index is 881. The van der Waals surface area contributed by atoms with E-state index >= 15 is 0 Å². The maximum absolute atomic E-state index is 4.86. The summed E-state index contributed by atoms with van der Waals surface area (Å²) in [5, 5.41) is 5.26. The van der Waals surface area contributed by atoms with Crippen molar-refractivity contribution in [2.75, 3.05) is 31.1 Å². The predicted molar refractivity (Wildman–Crippen MR) is 113 cm³/mol. The highest BCUT2D eigenvalue weighted by Gasteiger charge is 2.17. The summed E-state index contributed by atoms with van der Waals surface area (Å²) in [5.41, 5.74) is 2.58. The number of benzene rings is 1. The largest absolute Gasteiger partial charge is 0.354 e. The molecule has 0 N–H and O–H groups in total. The Labute approximate surface area is 170 Å². The number of rotatable bonds is 6. The lowest BCUT2D eigenvalue weighted by atomic mass is 10.2. The second-order valence-corrected chi connectivity index (χ2v) is 8.12. The normalized spacial score (nSPS) is 15.5. The molecule has 28 heavy (non-hydrogen) atoms. The molecular weight excluding hydrogens is 368 g/mol. The van der Waals surface area contributed by atoms with Crippen LogP contribution < -0.4 is 4.90 Å². The molecular formula is C21H26N6S. The van der Waals surface area contributed by atoms with E-state index in [1.54, 1.807) is 11.8 Å². The lowest BCUT2D eigenvalue weighted by Crippen LogP contribution is -2.31. The van der Waals surface area contributed by atoms with E-state index in [4.69, 9.17) is 4.98 Å². The Kier molecular flexibility index (Phi) is 6.24. The van der Waals surface area contributed by atoms with Gasteiger partial charge in [-0.05, 0) is 12.0 Å². The molecule has 3 aromatic rings. The molecule has 0 saturated carbocycles. The molecule has 7 heteroatoms. The first kappa shape index (κ1) is 19.0. The van der Waals surface area contributed by atoms with Crippen LogP contribution in [-0.2, 0) is 19.3 Å². The van der Waals surface area contributed by atoms with Crippen molar-refractivity contribution in [2.24, 2.45) is 7.05 Å². The monoisotopic (exact) mass is 394 g/mol. The first-order chi connectivity index (χ1) is 13.8. The van der Waals surface area contributed by atoms with Crippen molar-refractivity contribution in [1.29, 1.82) is 0 Å². The zero-order valence-electron chi connectivity index (χ0n) is 16.2. The molecule has 146 valence electrons. The van der Waals surface area contributed by atoms with Crippen LogP contribution in [0.25, 0.3) is 0 Å². The van der Waals surface area contributed by atoms with E-state index in [2.05, 4.69) is 50.3 Å². The fraction of sp³-hybridized carbons (Fsp3) is 0.381. The van der Waals surface area contributed by atoms with Gasteiger partial charge >= 0.3 is 0 Å². The summed E-state index contributed by atoms with van der Waals surface area (Å²) in [4.78, 5) is 14.2. The minimum atomic E-state index is 0.915. The molecule has 1 aromatic carbocycles. The third-order valence-corrected chi connectivity index (χ3v) is 5.88. The number of hydrogen-bond donors (Lipinski definition) is 0. The van der Waals surface area contributed by atoms with E-state index < -0.39 is 0 Å². The van der Waals surface area contributed by atoms with Crippen molar-refractivity contribution >= 4 is 17.6 Å². The fourth-order valence-electron chi connectivity index (χ4n) is 3.46. The van der Waals surface area contributed by atoms with Crippen molar-refractivity contribution in [3.05, 3.63) is 66.2 Å². The molecule has 0 atom stereocenters. The van der Waals surface area contributed by atoms with Crippen LogP contribution >= 0.6 is 11.8 Å². The summed E-state index contributed by atoms with van der Waals surface area (Å²) >= 11 is 1.74. The van der Waals surface area contributed by atoms with Gasteiger partial charge in [0.05, 0.1) is 18.6 Å². The molecule has 0 amide bonds. The van der Waals surface area contributed by atoms with Crippen LogP contribution in [0, 0.1) is 0 Å². The molecule has 1 fully saturated rings. The molecule has 6 nitrogen and oxygen atoms in total. The summed E-state index contributed by atoms with van der Waals surface area (Å²) in [5.74, 6) is 1.90. The SMILES string of the molecule is Cn1cc(CN2CCCN(c3cncc(SCc4ccccc4)n3)CC2)cn1. The second kappa shape index (κ2) is 9.21. The lowest BCUT2D eigenvalue weighted by molar-refractivity contribution is 0.285. The third kappa shape index (κ3) is 5.11. The Hall–Kier alpha value is -2.38. The maximum atomic E-state index is 4.86. The van der Waals surface area contributed by atoms with Gasteiger partial charge in [0.25, 0.3) is 0 Å². The van der Waals surface area contributed by atoms with Crippen LogP contribution in [0.15, 0.2) is 60.1 Å². The first-order valence-electron chi connectivity index (χ1n) is 9.70. The molecule has 2 aromatic heterocycles. The molecule has 1 aliphatic heterocycles. The average molecular weight is 395 g/mol. The van der Waals surface area contributed by atoms with Gasteiger partial charge in [0, 0.05) is 57.3 Å². The summed E-state index contributed by atoms with van der Waals surface area (Å²) in [6, 6.07) is 10.5. The van der Waals surface area contributed by atoms with Gasteiger partial charge in [0.15, 0.2) is 0 Å². The molecule has 1 aliphatic rings. The highest BCUT2D eigenvalue weighted by molar-refractivity contribution is 7.98. The van der Waals surface area contributed by atoms with Gasteiger partial charge in [-0.2, -0.15) is 5.10 Å². The van der Waals surface area contributed by atoms with Crippen LogP contribution in [0.3, 0.4) is 0 Å². The summed E-state index contributed by atoms with van der Waals surface area (Å²) in [6.45, 7) is 5.08. The van der Waals surface area contributed by atoms with Crippen molar-refractivity contribution in [1.82, 2.24) is 24.6 Å². The number of anilines is 1. The zero-order chi connectivity index (χ0) is 19.2. The first-order valence-corrected chi connectivity index (χ1v) is 10.7. The Morgan fingerprint density at radius 1 is 0.964 bits per heavy atom. The summed E-state index contributed by atoms with van der Waals surface area (Å²) < 4.78 is 1.87. The third-order valence-electron chi connectivity index (χ3n) is 4.91. The summed E-state index contributed by atoms with van der Waals surface area (Å²) in [6.07, 6.45) is 8.94. The highest BCUT2D eigenvalue weighted by Crippen LogP contribution is 2.23. The zero-order valence-corrected chi connectivity index (χ0v) is 17.1. The minimum absolute atomic E-state index is 0.915. The fourth-order valence-corrected chi connectivity index (χ4v) is 4.26. The Morgan fingerprint density at radius 2 is 1.86 bits per heavy atom. The van der Waals surface area contributed by atoms with Crippen molar-refractivity contribution < 1.29 is 0 Å². The molecule has 0 bridgehead atoms. The average Bonchev–Trinajstić information content (AvgIpc) is 2.99. The Morgan fingerprint density at radius 3 is 2.68 bits per heavy atom. The van der Waals surface area contributed by atoms with Gasteiger partial charge in [-0.25, -0.2) is 4.98 Å². The topological polar surface area (TPSA) is 50.1 Å². The van der Waals surface area contributed by atoms with Gasteiger partial charge in [-0.1, -0.05) is 30.3 Å². The quantitative estimate of drug-likeness (QED) is 0.599. The number of nitrogens with zero attached hydrogens (tertiary/aromatic N) is 6. The number of aromatic nitrogens is 4. The van der Waals surface area contributed by atoms with E-state index in [9.17, 15) is 0 Å². The van der Waals surface area contributed by atoms with Gasteiger partial charge in [-0.3, -0.25) is 14.6 Å². The van der Waals surface area contributed by atoms with Crippen LogP contribution in [0.4, 0.5) is 5.82 Å². The molecule has 0 spiro atoms.